The van der Waals surface area contributed by atoms with Gasteiger partial charge in [-0.05, 0) is 20.2 Å². The van der Waals surface area contributed by atoms with Crippen molar-refractivity contribution in [2.24, 2.45) is 16.5 Å². The first-order valence-electron chi connectivity index (χ1n) is 4.24. The Kier molecular flexibility index (Phi) is 5.02. The minimum Gasteiger partial charge on any atom is -0.460 e. The monoisotopic (exact) mass is 321 g/mol. The highest BCUT2D eigenvalue weighted by molar-refractivity contribution is 14.2. The van der Waals surface area contributed by atoms with E-state index in [4.69, 9.17) is 16.2 Å². The number of guanidine groups is 1. The number of aliphatic imine (C=N–C) groups is 1. The van der Waals surface area contributed by atoms with Crippen LogP contribution in [0.15, 0.2) is 26.8 Å². The molecule has 15 heavy (non-hydrogen) atoms. The van der Waals surface area contributed by atoms with Crippen LogP contribution in [0.2, 0.25) is 0 Å². The zero-order valence-electron chi connectivity index (χ0n) is 8.02. The number of nitrogens with zero attached hydrogens (tertiary/aromatic N) is 1. The lowest BCUT2D eigenvalue weighted by Gasteiger charge is -2.04. The van der Waals surface area contributed by atoms with Gasteiger partial charge in [0.05, 0.1) is 12.1 Å². The SMILES string of the molecule is NC(N)=NCCOC(=O)C1=CC=IC=C1. The molecule has 0 aliphatic carbocycles. The number of halogens is 1. The van der Waals surface area contributed by atoms with Crippen LogP contribution in [0.5, 0.6) is 0 Å². The quantitative estimate of drug-likeness (QED) is 0.251. The van der Waals surface area contributed by atoms with E-state index in [0.29, 0.717) is 12.1 Å². The fourth-order valence-corrected chi connectivity index (χ4v) is 2.27. The Balaban J connectivity index is 2.31. The van der Waals surface area contributed by atoms with E-state index in [1.807, 2.05) is 8.09 Å². The van der Waals surface area contributed by atoms with Gasteiger partial charge in [0.1, 0.15) is 6.61 Å². The molecule has 5 nitrogen and oxygen atoms in total. The van der Waals surface area contributed by atoms with Gasteiger partial charge >= 0.3 is 5.97 Å². The molecule has 0 unspecified atom stereocenters. The van der Waals surface area contributed by atoms with Gasteiger partial charge in [-0.15, -0.1) is 0 Å². The van der Waals surface area contributed by atoms with Crippen LogP contribution < -0.4 is 11.5 Å². The molecule has 0 aromatic rings. The fourth-order valence-electron chi connectivity index (χ4n) is 0.839. The number of nitrogens with two attached hydrogens (primary N) is 2. The molecule has 0 saturated heterocycles. The van der Waals surface area contributed by atoms with Crippen molar-refractivity contribution in [2.45, 2.75) is 0 Å². The van der Waals surface area contributed by atoms with Crippen LogP contribution in [-0.4, -0.2) is 29.1 Å². The Morgan fingerprint density at radius 3 is 2.93 bits per heavy atom. The van der Waals surface area contributed by atoms with Gasteiger partial charge in [0, 0.05) is 0 Å². The summed E-state index contributed by atoms with van der Waals surface area (Å²) in [6.07, 6.45) is 3.58. The topological polar surface area (TPSA) is 90.7 Å². The standard InChI is InChI=1S/C9H12IN3O2/c11-9(12)13-5-6-15-8(14)7-1-3-10-4-2-7/h1-4H,5-6H2,(H4,11,12,13). The van der Waals surface area contributed by atoms with Gasteiger partial charge in [-0.1, -0.05) is 20.7 Å². The van der Waals surface area contributed by atoms with E-state index < -0.39 is 0 Å². The van der Waals surface area contributed by atoms with Crippen LogP contribution in [0.1, 0.15) is 0 Å². The van der Waals surface area contributed by atoms with Crippen molar-refractivity contribution in [1.82, 2.24) is 0 Å². The summed E-state index contributed by atoms with van der Waals surface area (Å²) in [4.78, 5) is 15.1. The average Bonchev–Trinajstić information content (AvgIpc) is 2.25. The Labute approximate surface area is 97.6 Å². The molecule has 0 spiro atoms. The molecule has 6 heteroatoms. The molecule has 0 aromatic heterocycles. The third kappa shape index (κ3) is 4.73. The highest BCUT2D eigenvalue weighted by atomic mass is 127. The first-order valence-corrected chi connectivity index (χ1v) is 6.74. The molecule has 0 amide bonds. The summed E-state index contributed by atoms with van der Waals surface area (Å²) in [5.41, 5.74) is 10.8. The number of allylic oxidation sites excluding steroid dienone is 1. The Morgan fingerprint density at radius 2 is 2.33 bits per heavy atom. The van der Waals surface area contributed by atoms with E-state index in [-0.39, 0.29) is 39.3 Å². The van der Waals surface area contributed by atoms with Gasteiger partial charge in [0.25, 0.3) is 0 Å². The lowest BCUT2D eigenvalue weighted by Crippen LogP contribution is -2.23. The number of esters is 1. The summed E-state index contributed by atoms with van der Waals surface area (Å²) in [5.74, 6) is -0.335. The van der Waals surface area contributed by atoms with Crippen molar-refractivity contribution in [2.75, 3.05) is 13.2 Å². The van der Waals surface area contributed by atoms with E-state index in [1.54, 1.807) is 12.2 Å². The summed E-state index contributed by atoms with van der Waals surface area (Å²) in [5, 5.41) is 0. The second-order valence-corrected chi connectivity index (χ2v) is 4.77. The molecule has 0 fully saturated rings. The maximum absolute atomic E-state index is 11.4. The van der Waals surface area contributed by atoms with Gasteiger partial charge in [0.15, 0.2) is 5.96 Å². The van der Waals surface area contributed by atoms with E-state index >= 15 is 0 Å². The van der Waals surface area contributed by atoms with Gasteiger partial charge < -0.3 is 16.2 Å². The first-order chi connectivity index (χ1) is 7.20. The van der Waals surface area contributed by atoms with Gasteiger partial charge in [-0.2, -0.15) is 0 Å². The van der Waals surface area contributed by atoms with Gasteiger partial charge in [-0.25, -0.2) is 4.79 Å². The third-order valence-corrected chi connectivity index (χ3v) is 3.03. The predicted octanol–water partition coefficient (Wildman–Crippen LogP) is 0.0296. The molecule has 1 aliphatic heterocycles. The highest BCUT2D eigenvalue weighted by Crippen LogP contribution is 2.10. The van der Waals surface area contributed by atoms with Crippen LogP contribution in [0.4, 0.5) is 0 Å². The number of carbonyl (C=O) groups is 1. The first kappa shape index (κ1) is 11.9. The summed E-state index contributed by atoms with van der Waals surface area (Å²) < 4.78 is 8.96. The summed E-state index contributed by atoms with van der Waals surface area (Å²) in [7, 11) is 0. The molecule has 0 bridgehead atoms. The second-order valence-electron chi connectivity index (χ2n) is 2.61. The van der Waals surface area contributed by atoms with Crippen molar-refractivity contribution >= 4 is 36.7 Å². The lowest BCUT2D eigenvalue weighted by atomic mass is 10.2. The van der Waals surface area contributed by atoms with E-state index in [0.717, 1.165) is 0 Å². The fraction of sp³-hybridized carbons (Fsp3) is 0.222. The van der Waals surface area contributed by atoms with Crippen LogP contribution in [-0.2, 0) is 9.53 Å². The lowest BCUT2D eigenvalue weighted by molar-refractivity contribution is -0.138. The predicted molar refractivity (Wildman–Crippen MR) is 68.9 cm³/mol. The average molecular weight is 321 g/mol. The molecule has 0 atom stereocenters. The third-order valence-electron chi connectivity index (χ3n) is 1.49. The summed E-state index contributed by atoms with van der Waals surface area (Å²) in [6.45, 7) is 0.485. The molecule has 0 radical (unpaired) electrons. The molecule has 0 saturated carbocycles. The molecule has 82 valence electrons. The number of hydrogen-bond acceptors (Lipinski definition) is 3. The van der Waals surface area contributed by atoms with E-state index in [1.165, 1.54) is 0 Å². The smallest absolute Gasteiger partial charge is 0.338 e. The number of ether oxygens (including phenoxy) is 1. The molecular weight excluding hydrogens is 309 g/mol. The van der Waals surface area contributed by atoms with Crippen molar-refractivity contribution in [3.63, 3.8) is 0 Å². The molecule has 0 aromatic carbocycles. The number of carbonyl (C=O) groups excluding carboxylic acids is 1. The molecule has 1 aliphatic rings. The number of rotatable bonds is 4. The zero-order valence-corrected chi connectivity index (χ0v) is 10.2. The summed E-state index contributed by atoms with van der Waals surface area (Å²) >= 11 is -0.00832. The maximum atomic E-state index is 11.4. The van der Waals surface area contributed by atoms with Crippen LogP contribution in [0, 0.1) is 0 Å². The van der Waals surface area contributed by atoms with Crippen LogP contribution >= 0.6 is 20.7 Å². The minimum atomic E-state index is -0.336. The molecule has 1 heterocycles. The van der Waals surface area contributed by atoms with E-state index in [9.17, 15) is 4.79 Å². The highest BCUT2D eigenvalue weighted by Gasteiger charge is 2.07. The normalized spacial score (nSPS) is 13.7. The Hall–Kier alpha value is -1.18. The van der Waals surface area contributed by atoms with Crippen LogP contribution in [0.25, 0.3) is 0 Å². The minimum absolute atomic E-state index is 0.000845. The van der Waals surface area contributed by atoms with Crippen molar-refractivity contribution in [3.05, 3.63) is 21.8 Å². The molecule has 1 rings (SSSR count). The van der Waals surface area contributed by atoms with Crippen molar-refractivity contribution < 1.29 is 9.53 Å². The molecular formula is C9H12IN3O2. The maximum Gasteiger partial charge on any atom is 0.338 e. The van der Waals surface area contributed by atoms with Crippen LogP contribution in [0.3, 0.4) is 0 Å². The number of hydrogen-bond donors (Lipinski definition) is 2. The van der Waals surface area contributed by atoms with E-state index in [2.05, 4.69) is 4.99 Å². The van der Waals surface area contributed by atoms with Crippen molar-refractivity contribution in [3.8, 4) is 0 Å². The summed E-state index contributed by atoms with van der Waals surface area (Å²) in [6, 6.07) is 0. The second kappa shape index (κ2) is 6.33. The van der Waals surface area contributed by atoms with Crippen molar-refractivity contribution in [1.29, 1.82) is 0 Å². The van der Waals surface area contributed by atoms with Gasteiger partial charge in [0.2, 0.25) is 0 Å². The zero-order chi connectivity index (χ0) is 11.1. The Bertz CT molecular complexity index is 354. The Morgan fingerprint density at radius 1 is 1.53 bits per heavy atom. The molecule has 4 N–H and O–H groups in total. The van der Waals surface area contributed by atoms with Gasteiger partial charge in [-0.3, -0.25) is 4.99 Å². The largest absolute Gasteiger partial charge is 0.460 e.